The van der Waals surface area contributed by atoms with Crippen LogP contribution in [0, 0.1) is 5.92 Å². The molecule has 0 N–H and O–H groups in total. The molecule has 150 valence electrons. The Hall–Kier alpha value is -3.15. The van der Waals surface area contributed by atoms with Crippen molar-refractivity contribution in [2.75, 3.05) is 20.2 Å². The lowest BCUT2D eigenvalue weighted by molar-refractivity contribution is 0.0689. The molecular formula is C23H26N4O2. The van der Waals surface area contributed by atoms with Crippen LogP contribution in [0.1, 0.15) is 34.6 Å². The van der Waals surface area contributed by atoms with Crippen LogP contribution in [0.2, 0.25) is 0 Å². The van der Waals surface area contributed by atoms with Gasteiger partial charge in [-0.15, -0.1) is 10.2 Å². The number of rotatable bonds is 6. The van der Waals surface area contributed by atoms with Crippen LogP contribution in [0.25, 0.3) is 0 Å². The average molecular weight is 390 g/mol. The van der Waals surface area contributed by atoms with E-state index in [9.17, 15) is 4.79 Å². The van der Waals surface area contributed by atoms with E-state index in [0.29, 0.717) is 17.2 Å². The lowest BCUT2D eigenvalue weighted by Gasteiger charge is -2.32. The third-order valence-corrected chi connectivity index (χ3v) is 5.58. The predicted molar refractivity (Wildman–Crippen MR) is 111 cm³/mol. The summed E-state index contributed by atoms with van der Waals surface area (Å²) in [6.07, 6.45) is 4.67. The second-order valence-corrected chi connectivity index (χ2v) is 7.53. The number of amides is 1. The van der Waals surface area contributed by atoms with Crippen LogP contribution < -0.4 is 4.74 Å². The Kier molecular flexibility index (Phi) is 5.89. The second kappa shape index (κ2) is 8.90. The minimum Gasteiger partial charge on any atom is -0.497 e. The number of hydrogen-bond donors (Lipinski definition) is 0. The van der Waals surface area contributed by atoms with Gasteiger partial charge in [-0.2, -0.15) is 0 Å². The zero-order valence-electron chi connectivity index (χ0n) is 16.7. The van der Waals surface area contributed by atoms with Gasteiger partial charge in [0.25, 0.3) is 5.91 Å². The van der Waals surface area contributed by atoms with Crippen molar-refractivity contribution in [2.24, 2.45) is 5.92 Å². The van der Waals surface area contributed by atoms with Gasteiger partial charge in [0.15, 0.2) is 0 Å². The summed E-state index contributed by atoms with van der Waals surface area (Å²) >= 11 is 0. The number of nitrogens with zero attached hydrogens (tertiary/aromatic N) is 4. The molecule has 0 aliphatic carbocycles. The number of carbonyl (C=O) groups is 1. The van der Waals surface area contributed by atoms with E-state index < -0.39 is 0 Å². The van der Waals surface area contributed by atoms with Crippen LogP contribution >= 0.6 is 0 Å². The second-order valence-electron chi connectivity index (χ2n) is 7.53. The third-order valence-electron chi connectivity index (χ3n) is 5.58. The van der Waals surface area contributed by atoms with Gasteiger partial charge in [0.05, 0.1) is 13.7 Å². The molecular weight excluding hydrogens is 364 g/mol. The van der Waals surface area contributed by atoms with Crippen LogP contribution in [-0.4, -0.2) is 45.8 Å². The fourth-order valence-electron chi connectivity index (χ4n) is 3.89. The lowest BCUT2D eigenvalue weighted by Crippen LogP contribution is -2.39. The Morgan fingerprint density at radius 2 is 1.90 bits per heavy atom. The quantitative estimate of drug-likeness (QED) is 0.647. The molecule has 4 rings (SSSR count). The van der Waals surface area contributed by atoms with Crippen LogP contribution in [0.3, 0.4) is 0 Å². The minimum absolute atomic E-state index is 0.0783. The number of carbonyl (C=O) groups excluding carboxylic acids is 1. The maximum Gasteiger partial charge on any atom is 0.253 e. The monoisotopic (exact) mass is 390 g/mol. The zero-order valence-corrected chi connectivity index (χ0v) is 16.7. The van der Waals surface area contributed by atoms with Crippen LogP contribution in [0.5, 0.6) is 5.75 Å². The van der Waals surface area contributed by atoms with Gasteiger partial charge in [0.2, 0.25) is 0 Å². The molecule has 0 spiro atoms. The van der Waals surface area contributed by atoms with E-state index >= 15 is 0 Å². The first-order chi connectivity index (χ1) is 14.2. The summed E-state index contributed by atoms with van der Waals surface area (Å²) in [7, 11) is 1.62. The number of hydrogen-bond acceptors (Lipinski definition) is 4. The van der Waals surface area contributed by atoms with Crippen molar-refractivity contribution in [1.29, 1.82) is 0 Å². The van der Waals surface area contributed by atoms with Gasteiger partial charge in [-0.1, -0.05) is 36.4 Å². The van der Waals surface area contributed by atoms with Crippen molar-refractivity contribution < 1.29 is 9.53 Å². The van der Waals surface area contributed by atoms with E-state index in [1.165, 1.54) is 5.56 Å². The number of likely N-dealkylation sites (tertiary alicyclic amines) is 1. The number of methoxy groups -OCH3 is 1. The van der Waals surface area contributed by atoms with Crippen molar-refractivity contribution in [1.82, 2.24) is 19.7 Å². The summed E-state index contributed by atoms with van der Waals surface area (Å²) in [6.45, 7) is 2.33. The highest BCUT2D eigenvalue weighted by molar-refractivity contribution is 5.94. The smallest absolute Gasteiger partial charge is 0.253 e. The minimum atomic E-state index is 0.0783. The molecule has 0 unspecified atom stereocenters. The maximum atomic E-state index is 12.8. The topological polar surface area (TPSA) is 60.2 Å². The highest BCUT2D eigenvalue weighted by atomic mass is 16.5. The van der Waals surface area contributed by atoms with Gasteiger partial charge in [-0.25, -0.2) is 0 Å². The number of ether oxygens (including phenoxy) is 1. The fourth-order valence-corrected chi connectivity index (χ4v) is 3.89. The maximum absolute atomic E-state index is 12.8. The van der Waals surface area contributed by atoms with Gasteiger partial charge < -0.3 is 14.2 Å². The van der Waals surface area contributed by atoms with E-state index in [0.717, 1.165) is 44.7 Å². The molecule has 1 amide bonds. The number of piperidine rings is 1. The van der Waals surface area contributed by atoms with Crippen molar-refractivity contribution in [3.05, 3.63) is 77.9 Å². The van der Waals surface area contributed by atoms with Crippen LogP contribution in [-0.2, 0) is 13.0 Å². The highest BCUT2D eigenvalue weighted by Gasteiger charge is 2.25. The van der Waals surface area contributed by atoms with Gasteiger partial charge in [-0.05, 0) is 42.5 Å². The van der Waals surface area contributed by atoms with E-state index in [1.807, 2.05) is 35.5 Å². The van der Waals surface area contributed by atoms with Gasteiger partial charge in [-0.3, -0.25) is 4.79 Å². The first-order valence-electron chi connectivity index (χ1n) is 10.1. The lowest BCUT2D eigenvalue weighted by atomic mass is 9.92. The van der Waals surface area contributed by atoms with Crippen molar-refractivity contribution in [3.8, 4) is 5.75 Å². The summed E-state index contributed by atoms with van der Waals surface area (Å²) in [5.74, 6) is 2.33. The molecule has 6 heteroatoms. The normalized spacial score (nSPS) is 14.7. The first kappa shape index (κ1) is 19.2. The first-order valence-corrected chi connectivity index (χ1v) is 10.1. The van der Waals surface area contributed by atoms with E-state index in [2.05, 4.69) is 39.0 Å². The summed E-state index contributed by atoms with van der Waals surface area (Å²) in [4.78, 5) is 14.7. The summed E-state index contributed by atoms with van der Waals surface area (Å²) in [6, 6.07) is 17.7. The van der Waals surface area contributed by atoms with Crippen molar-refractivity contribution >= 4 is 5.91 Å². The highest BCUT2D eigenvalue weighted by Crippen LogP contribution is 2.23. The molecule has 2 aromatic carbocycles. The van der Waals surface area contributed by atoms with Crippen molar-refractivity contribution in [3.63, 3.8) is 0 Å². The summed E-state index contributed by atoms with van der Waals surface area (Å²) in [5, 5.41) is 8.47. The molecule has 0 bridgehead atoms. The Morgan fingerprint density at radius 1 is 1.10 bits per heavy atom. The standard InChI is InChI=1S/C23H26N4O2/c1-29-21-9-5-8-20(15-21)23(28)26-12-10-18(11-13-26)14-22-25-24-17-27(22)16-19-6-3-2-4-7-19/h2-9,15,17-18H,10-14,16H2,1H3. The molecule has 1 aliphatic rings. The molecule has 29 heavy (non-hydrogen) atoms. The van der Waals surface area contributed by atoms with Crippen LogP contribution in [0.4, 0.5) is 0 Å². The molecule has 1 aliphatic heterocycles. The Bertz CT molecular complexity index is 946. The van der Waals surface area contributed by atoms with E-state index in [1.54, 1.807) is 13.2 Å². The van der Waals surface area contributed by atoms with E-state index in [4.69, 9.17) is 4.74 Å². The Balaban J connectivity index is 1.34. The summed E-state index contributed by atoms with van der Waals surface area (Å²) in [5.41, 5.74) is 1.93. The number of benzene rings is 2. The van der Waals surface area contributed by atoms with E-state index in [-0.39, 0.29) is 5.91 Å². The molecule has 0 saturated carbocycles. The van der Waals surface area contributed by atoms with Gasteiger partial charge in [0, 0.05) is 25.1 Å². The molecule has 0 radical (unpaired) electrons. The Labute approximate surface area is 171 Å². The number of aromatic nitrogens is 3. The Morgan fingerprint density at radius 3 is 2.66 bits per heavy atom. The largest absolute Gasteiger partial charge is 0.497 e. The van der Waals surface area contributed by atoms with Crippen LogP contribution in [0.15, 0.2) is 60.9 Å². The van der Waals surface area contributed by atoms with Gasteiger partial charge >= 0.3 is 0 Å². The summed E-state index contributed by atoms with van der Waals surface area (Å²) < 4.78 is 7.36. The fraction of sp³-hybridized carbons (Fsp3) is 0.348. The SMILES string of the molecule is COc1cccc(C(=O)N2CCC(Cc3nncn3Cc3ccccc3)CC2)c1. The molecule has 2 heterocycles. The molecule has 6 nitrogen and oxygen atoms in total. The molecule has 3 aromatic rings. The van der Waals surface area contributed by atoms with Crippen molar-refractivity contribution in [2.45, 2.75) is 25.8 Å². The molecule has 0 atom stereocenters. The molecule has 1 saturated heterocycles. The average Bonchev–Trinajstić information content (AvgIpc) is 3.21. The predicted octanol–water partition coefficient (Wildman–Crippen LogP) is 3.43. The van der Waals surface area contributed by atoms with Gasteiger partial charge in [0.1, 0.15) is 17.9 Å². The zero-order chi connectivity index (χ0) is 20.1. The molecule has 1 aromatic heterocycles. The molecule has 1 fully saturated rings. The third kappa shape index (κ3) is 4.65.